The Hall–Kier alpha value is -2.94. The second-order valence-corrected chi connectivity index (χ2v) is 5.87. The summed E-state index contributed by atoms with van der Waals surface area (Å²) in [6.07, 6.45) is 1.40. The van der Waals surface area contributed by atoms with Crippen molar-refractivity contribution in [2.45, 2.75) is 6.54 Å². The SMILES string of the molecule is Cn1cnc2c1c(=O)n(CC(=O)Nc1ccc(Cl)cc1F)c(=O)n2C. The normalized spacial score (nSPS) is 11.0. The Morgan fingerprint density at radius 3 is 2.72 bits per heavy atom. The van der Waals surface area contributed by atoms with Crippen LogP contribution in [-0.4, -0.2) is 24.6 Å². The molecule has 1 N–H and O–H groups in total. The van der Waals surface area contributed by atoms with Crippen LogP contribution in [0.4, 0.5) is 10.1 Å². The van der Waals surface area contributed by atoms with E-state index in [2.05, 4.69) is 10.3 Å². The summed E-state index contributed by atoms with van der Waals surface area (Å²) >= 11 is 5.65. The van der Waals surface area contributed by atoms with Gasteiger partial charge in [0.2, 0.25) is 5.91 Å². The predicted molar refractivity (Wildman–Crippen MR) is 90.3 cm³/mol. The Morgan fingerprint density at radius 2 is 2.04 bits per heavy atom. The summed E-state index contributed by atoms with van der Waals surface area (Å²) in [6.45, 7) is -0.561. The second kappa shape index (κ2) is 6.17. The van der Waals surface area contributed by atoms with Gasteiger partial charge in [-0.3, -0.25) is 14.2 Å². The van der Waals surface area contributed by atoms with Crippen LogP contribution in [0.1, 0.15) is 0 Å². The fourth-order valence-corrected chi connectivity index (χ4v) is 2.62. The number of anilines is 1. The molecule has 0 bridgehead atoms. The smallest absolute Gasteiger partial charge is 0.328 e. The van der Waals surface area contributed by atoms with Crippen molar-refractivity contribution in [2.24, 2.45) is 14.1 Å². The zero-order chi connectivity index (χ0) is 18.3. The van der Waals surface area contributed by atoms with E-state index in [-0.39, 0.29) is 21.9 Å². The quantitative estimate of drug-likeness (QED) is 0.745. The first-order valence-electron chi connectivity index (χ1n) is 7.15. The third-order valence-electron chi connectivity index (χ3n) is 3.71. The molecule has 1 aromatic carbocycles. The number of imidazole rings is 1. The van der Waals surface area contributed by atoms with Crippen molar-refractivity contribution in [3.63, 3.8) is 0 Å². The minimum atomic E-state index is -0.720. The van der Waals surface area contributed by atoms with Gasteiger partial charge in [-0.25, -0.2) is 18.7 Å². The van der Waals surface area contributed by atoms with Crippen LogP contribution in [0.3, 0.4) is 0 Å². The summed E-state index contributed by atoms with van der Waals surface area (Å²) in [7, 11) is 3.05. The van der Waals surface area contributed by atoms with Gasteiger partial charge < -0.3 is 9.88 Å². The first kappa shape index (κ1) is 16.9. The van der Waals surface area contributed by atoms with Gasteiger partial charge in [0.15, 0.2) is 11.2 Å². The first-order valence-corrected chi connectivity index (χ1v) is 7.53. The van der Waals surface area contributed by atoms with Gasteiger partial charge in [-0.1, -0.05) is 11.6 Å². The molecule has 0 saturated heterocycles. The van der Waals surface area contributed by atoms with E-state index >= 15 is 0 Å². The zero-order valence-electron chi connectivity index (χ0n) is 13.3. The van der Waals surface area contributed by atoms with Gasteiger partial charge >= 0.3 is 5.69 Å². The Bertz CT molecular complexity index is 1110. The van der Waals surface area contributed by atoms with Crippen molar-refractivity contribution in [3.05, 3.63) is 56.2 Å². The molecule has 10 heteroatoms. The molecule has 25 heavy (non-hydrogen) atoms. The van der Waals surface area contributed by atoms with E-state index in [9.17, 15) is 18.8 Å². The van der Waals surface area contributed by atoms with Crippen molar-refractivity contribution in [1.29, 1.82) is 0 Å². The molecule has 3 rings (SSSR count). The van der Waals surface area contributed by atoms with Gasteiger partial charge in [-0.15, -0.1) is 0 Å². The Kier molecular flexibility index (Phi) is 4.17. The average Bonchev–Trinajstić information content (AvgIpc) is 2.94. The zero-order valence-corrected chi connectivity index (χ0v) is 14.0. The summed E-state index contributed by atoms with van der Waals surface area (Å²) in [5.41, 5.74) is -1.03. The lowest BCUT2D eigenvalue weighted by atomic mass is 10.3. The summed E-state index contributed by atoms with van der Waals surface area (Å²) in [5, 5.41) is 2.50. The van der Waals surface area contributed by atoms with Crippen LogP contribution in [0.25, 0.3) is 11.2 Å². The minimum absolute atomic E-state index is 0.0964. The predicted octanol–water partition coefficient (Wildman–Crippen LogP) is 0.865. The largest absolute Gasteiger partial charge is 0.332 e. The van der Waals surface area contributed by atoms with Gasteiger partial charge in [-0.05, 0) is 18.2 Å². The number of amides is 1. The molecule has 8 nitrogen and oxygen atoms in total. The summed E-state index contributed by atoms with van der Waals surface area (Å²) in [4.78, 5) is 41.0. The van der Waals surface area contributed by atoms with E-state index < -0.39 is 29.5 Å². The highest BCUT2D eigenvalue weighted by atomic mass is 35.5. The molecule has 2 heterocycles. The number of halogens is 2. The fraction of sp³-hybridized carbons (Fsp3) is 0.200. The molecule has 0 aliphatic carbocycles. The van der Waals surface area contributed by atoms with E-state index in [1.165, 1.54) is 34.6 Å². The lowest BCUT2D eigenvalue weighted by molar-refractivity contribution is -0.116. The van der Waals surface area contributed by atoms with E-state index in [0.29, 0.717) is 0 Å². The van der Waals surface area contributed by atoms with Crippen LogP contribution in [-0.2, 0) is 25.4 Å². The van der Waals surface area contributed by atoms with Crippen molar-refractivity contribution in [3.8, 4) is 0 Å². The standard InChI is InChI=1S/C15H13ClFN5O3/c1-20-7-18-13-12(20)14(24)22(15(25)21(13)2)6-11(23)19-10-4-3-8(16)5-9(10)17/h3-5,7H,6H2,1-2H3,(H,19,23). The second-order valence-electron chi connectivity index (χ2n) is 5.43. The number of aromatic nitrogens is 4. The molecule has 1 amide bonds. The molecular formula is C15H13ClFN5O3. The van der Waals surface area contributed by atoms with Crippen LogP contribution in [0, 0.1) is 5.82 Å². The van der Waals surface area contributed by atoms with Gasteiger partial charge in [0.05, 0.1) is 12.0 Å². The fourth-order valence-electron chi connectivity index (χ4n) is 2.46. The van der Waals surface area contributed by atoms with Crippen LogP contribution in [0.15, 0.2) is 34.1 Å². The molecule has 0 radical (unpaired) electrons. The molecule has 0 fully saturated rings. The first-order chi connectivity index (χ1) is 11.8. The van der Waals surface area contributed by atoms with Crippen molar-refractivity contribution < 1.29 is 9.18 Å². The van der Waals surface area contributed by atoms with Crippen LogP contribution in [0.2, 0.25) is 5.02 Å². The lowest BCUT2D eigenvalue weighted by Gasteiger charge is -2.10. The van der Waals surface area contributed by atoms with Crippen LogP contribution in [0.5, 0.6) is 0 Å². The molecule has 0 spiro atoms. The number of carbonyl (C=O) groups excluding carboxylic acids is 1. The van der Waals surface area contributed by atoms with E-state index in [4.69, 9.17) is 11.6 Å². The number of nitrogens with one attached hydrogen (secondary N) is 1. The molecule has 130 valence electrons. The number of fused-ring (bicyclic) bond motifs is 1. The van der Waals surface area contributed by atoms with Crippen LogP contribution < -0.4 is 16.6 Å². The molecule has 2 aromatic heterocycles. The number of benzene rings is 1. The number of hydrogen-bond acceptors (Lipinski definition) is 4. The number of nitrogens with zero attached hydrogens (tertiary/aromatic N) is 4. The molecule has 3 aromatic rings. The maximum Gasteiger partial charge on any atom is 0.332 e. The molecule has 0 aliphatic heterocycles. The monoisotopic (exact) mass is 365 g/mol. The van der Waals surface area contributed by atoms with Crippen LogP contribution >= 0.6 is 11.6 Å². The average molecular weight is 366 g/mol. The molecule has 0 unspecified atom stereocenters. The summed E-state index contributed by atoms with van der Waals surface area (Å²) in [6, 6.07) is 3.75. The van der Waals surface area contributed by atoms with Gasteiger partial charge in [0.25, 0.3) is 5.56 Å². The highest BCUT2D eigenvalue weighted by Crippen LogP contribution is 2.18. The third-order valence-corrected chi connectivity index (χ3v) is 3.94. The number of hydrogen-bond donors (Lipinski definition) is 1. The molecule has 0 aliphatic rings. The third kappa shape index (κ3) is 2.93. The summed E-state index contributed by atoms with van der Waals surface area (Å²) in [5.74, 6) is -1.44. The van der Waals surface area contributed by atoms with Gasteiger partial charge in [-0.2, -0.15) is 0 Å². The van der Waals surface area contributed by atoms with Crippen molar-refractivity contribution in [2.75, 3.05) is 5.32 Å². The maximum absolute atomic E-state index is 13.7. The molecule has 0 saturated carbocycles. The highest BCUT2D eigenvalue weighted by Gasteiger charge is 2.17. The van der Waals surface area contributed by atoms with Crippen molar-refractivity contribution in [1.82, 2.24) is 18.7 Å². The topological polar surface area (TPSA) is 90.9 Å². The van der Waals surface area contributed by atoms with Gasteiger partial charge in [0, 0.05) is 19.1 Å². The Balaban J connectivity index is 1.98. The number of carbonyl (C=O) groups is 1. The molecule has 0 atom stereocenters. The van der Waals surface area contributed by atoms with E-state index in [1.54, 1.807) is 7.05 Å². The summed E-state index contributed by atoms with van der Waals surface area (Å²) < 4.78 is 17.2. The Morgan fingerprint density at radius 1 is 1.32 bits per heavy atom. The lowest BCUT2D eigenvalue weighted by Crippen LogP contribution is -2.42. The van der Waals surface area contributed by atoms with Gasteiger partial charge in [0.1, 0.15) is 12.4 Å². The van der Waals surface area contributed by atoms with E-state index in [0.717, 1.165) is 10.6 Å². The Labute approximate surface area is 145 Å². The number of aryl methyl sites for hydroxylation is 2. The van der Waals surface area contributed by atoms with Crippen molar-refractivity contribution >= 4 is 34.4 Å². The maximum atomic E-state index is 13.7. The molecular weight excluding hydrogens is 353 g/mol. The highest BCUT2D eigenvalue weighted by molar-refractivity contribution is 6.30. The minimum Gasteiger partial charge on any atom is -0.328 e. The van der Waals surface area contributed by atoms with E-state index in [1.807, 2.05) is 0 Å². The number of rotatable bonds is 3.